The molecule has 1 saturated heterocycles. The first kappa shape index (κ1) is 16.8. The van der Waals surface area contributed by atoms with Gasteiger partial charge < -0.3 is 10.2 Å². The first-order chi connectivity index (χ1) is 12.6. The van der Waals surface area contributed by atoms with Crippen LogP contribution in [0, 0.1) is 13.8 Å². The summed E-state index contributed by atoms with van der Waals surface area (Å²) in [6.07, 6.45) is 0.928. The lowest BCUT2D eigenvalue weighted by molar-refractivity contribution is 0.0940. The molecule has 2 N–H and O–H groups in total. The molecule has 0 spiro atoms. The number of rotatable bonds is 4. The number of H-pyrrole nitrogens is 1. The Labute approximate surface area is 157 Å². The van der Waals surface area contributed by atoms with Gasteiger partial charge in [0.25, 0.3) is 5.91 Å². The summed E-state index contributed by atoms with van der Waals surface area (Å²) >= 11 is 1.69. The lowest BCUT2D eigenvalue weighted by Gasteiger charge is -2.16. The zero-order chi connectivity index (χ0) is 18.1. The molecule has 0 unspecified atom stereocenters. The van der Waals surface area contributed by atoms with Crippen molar-refractivity contribution in [3.63, 3.8) is 0 Å². The molecule has 1 aliphatic heterocycles. The van der Waals surface area contributed by atoms with Crippen LogP contribution in [0.25, 0.3) is 10.6 Å². The molecule has 134 valence electrons. The fourth-order valence-corrected chi connectivity index (χ4v) is 4.18. The average molecular weight is 366 g/mol. The van der Waals surface area contributed by atoms with E-state index in [9.17, 15) is 4.79 Å². The second kappa shape index (κ2) is 6.96. The quantitative estimate of drug-likeness (QED) is 0.739. The number of nitrogens with zero attached hydrogens (tertiary/aromatic N) is 2. The molecule has 0 radical (unpaired) electrons. The molecular formula is C20H22N4OS. The van der Waals surface area contributed by atoms with Crippen molar-refractivity contribution >= 4 is 23.1 Å². The van der Waals surface area contributed by atoms with Crippen LogP contribution >= 0.6 is 11.3 Å². The molecule has 1 amide bonds. The van der Waals surface area contributed by atoms with Crippen LogP contribution in [0.4, 0.5) is 5.82 Å². The number of nitrogens with one attached hydrogen (secondary N) is 2. The lowest BCUT2D eigenvalue weighted by atomic mass is 10.1. The highest BCUT2D eigenvalue weighted by molar-refractivity contribution is 7.13. The molecule has 4 rings (SSSR count). The number of thiophene rings is 1. The number of carbonyl (C=O) groups is 1. The topological polar surface area (TPSA) is 61.0 Å². The lowest BCUT2D eigenvalue weighted by Crippen LogP contribution is -2.37. The molecule has 2 aromatic heterocycles. The van der Waals surface area contributed by atoms with Crippen LogP contribution in [0.15, 0.2) is 41.8 Å². The normalized spacial score (nSPS) is 16.8. The van der Waals surface area contributed by atoms with Gasteiger partial charge in [0, 0.05) is 30.8 Å². The van der Waals surface area contributed by atoms with Gasteiger partial charge in [-0.1, -0.05) is 23.3 Å². The van der Waals surface area contributed by atoms with Crippen LogP contribution in [0.1, 0.15) is 27.9 Å². The van der Waals surface area contributed by atoms with Crippen LogP contribution < -0.4 is 10.2 Å². The number of anilines is 1. The summed E-state index contributed by atoms with van der Waals surface area (Å²) in [4.78, 5) is 16.0. The van der Waals surface area contributed by atoms with Crippen molar-refractivity contribution < 1.29 is 4.79 Å². The first-order valence-electron chi connectivity index (χ1n) is 8.82. The maximum absolute atomic E-state index is 12.6. The number of aromatic amines is 1. The highest BCUT2D eigenvalue weighted by Gasteiger charge is 2.26. The van der Waals surface area contributed by atoms with Gasteiger partial charge in [0.2, 0.25) is 0 Å². The van der Waals surface area contributed by atoms with E-state index in [1.165, 1.54) is 4.88 Å². The van der Waals surface area contributed by atoms with Crippen molar-refractivity contribution in [1.82, 2.24) is 15.5 Å². The number of benzene rings is 1. The minimum Gasteiger partial charge on any atom is -0.353 e. The summed E-state index contributed by atoms with van der Waals surface area (Å²) in [5.41, 5.74) is 4.00. The van der Waals surface area contributed by atoms with Crippen molar-refractivity contribution in [2.45, 2.75) is 26.3 Å². The summed E-state index contributed by atoms with van der Waals surface area (Å²) < 4.78 is 0. The van der Waals surface area contributed by atoms with Gasteiger partial charge in [0.05, 0.1) is 10.6 Å². The Hall–Kier alpha value is -2.60. The van der Waals surface area contributed by atoms with Gasteiger partial charge in [0.1, 0.15) is 0 Å². The fraction of sp³-hybridized carbons (Fsp3) is 0.300. The van der Waals surface area contributed by atoms with E-state index in [4.69, 9.17) is 0 Å². The molecule has 0 saturated carbocycles. The Bertz CT molecular complexity index is 896. The van der Waals surface area contributed by atoms with Crippen molar-refractivity contribution in [3.05, 3.63) is 58.5 Å². The Morgan fingerprint density at radius 3 is 2.81 bits per heavy atom. The molecule has 3 aromatic rings. The Morgan fingerprint density at radius 1 is 1.27 bits per heavy atom. The van der Waals surface area contributed by atoms with Crippen LogP contribution in [-0.2, 0) is 0 Å². The van der Waals surface area contributed by atoms with Crippen LogP contribution in [0.2, 0.25) is 0 Å². The van der Waals surface area contributed by atoms with Crippen molar-refractivity contribution in [2.75, 3.05) is 18.0 Å². The Morgan fingerprint density at radius 2 is 2.08 bits per heavy atom. The van der Waals surface area contributed by atoms with Gasteiger partial charge in [-0.25, -0.2) is 0 Å². The summed E-state index contributed by atoms with van der Waals surface area (Å²) in [6.45, 7) is 5.71. The van der Waals surface area contributed by atoms with Crippen LogP contribution in [0.5, 0.6) is 0 Å². The average Bonchev–Trinajstić information content (AvgIpc) is 3.34. The van der Waals surface area contributed by atoms with Crippen LogP contribution in [0.3, 0.4) is 0 Å². The smallest absolute Gasteiger partial charge is 0.251 e. The standard InChI is InChI=1S/C20H22N4OS/c1-13-8-14(2)10-15(9-13)20(25)21-16-5-6-24(12-16)19-11-17(22-23-19)18-4-3-7-26-18/h3-4,7-11,16H,5-6,12H2,1-2H3,(H,21,25)(H,22,23)/t16-/m0/s1. The third-order valence-corrected chi connectivity index (χ3v) is 5.59. The Balaban J connectivity index is 1.40. The van der Waals surface area contributed by atoms with E-state index in [2.05, 4.69) is 44.0 Å². The third kappa shape index (κ3) is 3.51. The van der Waals surface area contributed by atoms with Crippen molar-refractivity contribution in [2.24, 2.45) is 0 Å². The van der Waals surface area contributed by atoms with Gasteiger partial charge in [-0.3, -0.25) is 9.89 Å². The molecule has 3 heterocycles. The predicted octanol–water partition coefficient (Wildman–Crippen LogP) is 3.76. The molecule has 1 atom stereocenters. The molecule has 1 fully saturated rings. The third-order valence-electron chi connectivity index (χ3n) is 4.68. The van der Waals surface area contributed by atoms with E-state index in [-0.39, 0.29) is 11.9 Å². The number of hydrogen-bond donors (Lipinski definition) is 2. The van der Waals surface area contributed by atoms with Gasteiger partial charge in [-0.05, 0) is 43.8 Å². The predicted molar refractivity (Wildman–Crippen MR) is 106 cm³/mol. The molecule has 6 heteroatoms. The van der Waals surface area contributed by atoms with Gasteiger partial charge >= 0.3 is 0 Å². The minimum absolute atomic E-state index is 0.00459. The van der Waals surface area contributed by atoms with E-state index in [1.807, 2.05) is 32.0 Å². The number of aryl methyl sites for hydroxylation is 2. The first-order valence-corrected chi connectivity index (χ1v) is 9.70. The zero-order valence-electron chi connectivity index (χ0n) is 15.0. The summed E-state index contributed by atoms with van der Waals surface area (Å²) in [5, 5.41) is 12.8. The number of amides is 1. The maximum Gasteiger partial charge on any atom is 0.251 e. The van der Waals surface area contributed by atoms with Crippen molar-refractivity contribution in [3.8, 4) is 10.6 Å². The van der Waals surface area contributed by atoms with Gasteiger partial charge in [-0.15, -0.1) is 11.3 Å². The molecule has 26 heavy (non-hydrogen) atoms. The summed E-state index contributed by atoms with van der Waals surface area (Å²) in [5.74, 6) is 0.946. The van der Waals surface area contributed by atoms with Crippen molar-refractivity contribution in [1.29, 1.82) is 0 Å². The minimum atomic E-state index is 0.00459. The summed E-state index contributed by atoms with van der Waals surface area (Å²) in [6, 6.07) is 12.3. The number of aromatic nitrogens is 2. The van der Waals surface area contributed by atoms with E-state index in [0.717, 1.165) is 47.7 Å². The monoisotopic (exact) mass is 366 g/mol. The van der Waals surface area contributed by atoms with Gasteiger partial charge in [-0.2, -0.15) is 5.10 Å². The van der Waals surface area contributed by atoms with E-state index < -0.39 is 0 Å². The zero-order valence-corrected chi connectivity index (χ0v) is 15.8. The van der Waals surface area contributed by atoms with E-state index in [1.54, 1.807) is 11.3 Å². The molecule has 0 aliphatic carbocycles. The second-order valence-electron chi connectivity index (χ2n) is 6.90. The molecule has 1 aromatic carbocycles. The molecule has 5 nitrogen and oxygen atoms in total. The highest BCUT2D eigenvalue weighted by atomic mass is 32.1. The molecular weight excluding hydrogens is 344 g/mol. The number of carbonyl (C=O) groups excluding carboxylic acids is 1. The largest absolute Gasteiger partial charge is 0.353 e. The number of hydrogen-bond acceptors (Lipinski definition) is 4. The highest BCUT2D eigenvalue weighted by Crippen LogP contribution is 2.27. The van der Waals surface area contributed by atoms with Gasteiger partial charge in [0.15, 0.2) is 5.82 Å². The second-order valence-corrected chi connectivity index (χ2v) is 7.85. The SMILES string of the molecule is Cc1cc(C)cc(C(=O)N[C@H]2CCN(c3cc(-c4cccs4)[nH]n3)C2)c1. The Kier molecular flexibility index (Phi) is 4.51. The fourth-order valence-electron chi connectivity index (χ4n) is 3.49. The van der Waals surface area contributed by atoms with Crippen LogP contribution in [-0.4, -0.2) is 35.2 Å². The van der Waals surface area contributed by atoms with E-state index in [0.29, 0.717) is 0 Å². The molecule has 1 aliphatic rings. The maximum atomic E-state index is 12.6. The molecule has 0 bridgehead atoms. The van der Waals surface area contributed by atoms with E-state index >= 15 is 0 Å². The summed E-state index contributed by atoms with van der Waals surface area (Å²) in [7, 11) is 0.